The van der Waals surface area contributed by atoms with Crippen molar-refractivity contribution >= 4 is 11.9 Å². The van der Waals surface area contributed by atoms with Crippen molar-refractivity contribution < 1.29 is 28.5 Å². The first-order valence-electron chi connectivity index (χ1n) is 12.3. The van der Waals surface area contributed by atoms with Crippen molar-refractivity contribution in [2.75, 3.05) is 0 Å². The fourth-order valence-electron chi connectivity index (χ4n) is 4.04. The van der Waals surface area contributed by atoms with Gasteiger partial charge < -0.3 is 18.9 Å². The molecule has 2 unspecified atom stereocenters. The first-order chi connectivity index (χ1) is 17.0. The molecule has 0 aliphatic heterocycles. The number of benzene rings is 2. The molecule has 0 fully saturated rings. The highest BCUT2D eigenvalue weighted by Gasteiger charge is 2.27. The van der Waals surface area contributed by atoms with E-state index in [1.807, 2.05) is 27.7 Å². The Hall–Kier alpha value is -3.54. The van der Waals surface area contributed by atoms with Gasteiger partial charge in [-0.15, -0.1) is 0 Å². The van der Waals surface area contributed by atoms with Crippen LogP contribution in [0.2, 0.25) is 0 Å². The van der Waals surface area contributed by atoms with Crippen LogP contribution < -0.4 is 9.47 Å². The zero-order chi connectivity index (χ0) is 28.2. The summed E-state index contributed by atoms with van der Waals surface area (Å²) in [6.45, 7) is 26.1. The number of rotatable bonds is 10. The number of ether oxygens (including phenoxy) is 4. The number of hydrogen-bond donors (Lipinski definition) is 0. The largest absolute Gasteiger partial charge is 0.455 e. The Morgan fingerprint density at radius 1 is 0.676 bits per heavy atom. The summed E-state index contributed by atoms with van der Waals surface area (Å²) in [6, 6.07) is 8.40. The van der Waals surface area contributed by atoms with E-state index in [9.17, 15) is 9.59 Å². The third-order valence-corrected chi connectivity index (χ3v) is 6.17. The van der Waals surface area contributed by atoms with Crippen molar-refractivity contribution in [1.82, 2.24) is 0 Å². The van der Waals surface area contributed by atoms with Gasteiger partial charge in [-0.1, -0.05) is 51.3 Å². The van der Waals surface area contributed by atoms with Crippen LogP contribution in [0.15, 0.2) is 48.6 Å². The van der Waals surface area contributed by atoms with Crippen molar-refractivity contribution in [2.45, 2.75) is 87.2 Å². The summed E-state index contributed by atoms with van der Waals surface area (Å²) in [7, 11) is 0. The van der Waals surface area contributed by atoms with Crippen LogP contribution in [0.3, 0.4) is 0 Å². The molecular weight excluding hydrogens is 468 g/mol. The summed E-state index contributed by atoms with van der Waals surface area (Å²) in [6.07, 6.45) is -1.48. The van der Waals surface area contributed by atoms with E-state index in [0.29, 0.717) is 22.6 Å². The average Bonchev–Trinajstić information content (AvgIpc) is 2.77. The van der Waals surface area contributed by atoms with Crippen LogP contribution in [0.5, 0.6) is 11.5 Å². The summed E-state index contributed by atoms with van der Waals surface area (Å²) in [5.74, 6) is 0.413. The van der Waals surface area contributed by atoms with Gasteiger partial charge in [-0.25, -0.2) is 9.59 Å². The fourth-order valence-corrected chi connectivity index (χ4v) is 4.04. The Kier molecular flexibility index (Phi) is 9.37. The van der Waals surface area contributed by atoms with Crippen LogP contribution in [0, 0.1) is 27.7 Å². The zero-order valence-corrected chi connectivity index (χ0v) is 23.8. The zero-order valence-electron chi connectivity index (χ0n) is 23.8. The standard InChI is InChI=1S/C31H40O6/c1-17(2)29(32)36-23(9)34-27-19(5)13-25(14-20(27)6)31(11,12)26-15-21(7)28(22(8)16-26)35-24(10)37-30(33)18(3)4/h13-16,23-24H,1,3H2,2,4-12H3. The minimum absolute atomic E-state index is 0.321. The minimum atomic E-state index is -0.740. The molecule has 0 saturated heterocycles. The van der Waals surface area contributed by atoms with Gasteiger partial charge in [-0.2, -0.15) is 0 Å². The molecule has 0 amide bonds. The lowest BCUT2D eigenvalue weighted by Crippen LogP contribution is -2.24. The summed E-state index contributed by atoms with van der Waals surface area (Å²) < 4.78 is 22.5. The molecule has 0 bridgehead atoms. The van der Waals surface area contributed by atoms with Crippen molar-refractivity contribution in [2.24, 2.45) is 0 Å². The molecule has 0 aliphatic rings. The molecule has 2 atom stereocenters. The Bertz CT molecular complexity index is 1080. The third-order valence-electron chi connectivity index (χ3n) is 6.17. The molecule has 2 aromatic rings. The predicted molar refractivity (Wildman–Crippen MR) is 146 cm³/mol. The van der Waals surface area contributed by atoms with E-state index in [4.69, 9.17) is 18.9 Å². The van der Waals surface area contributed by atoms with Crippen molar-refractivity contribution in [3.05, 3.63) is 82.0 Å². The molecule has 2 rings (SSSR count). The topological polar surface area (TPSA) is 71.1 Å². The molecule has 6 nitrogen and oxygen atoms in total. The first-order valence-corrected chi connectivity index (χ1v) is 12.3. The van der Waals surface area contributed by atoms with Gasteiger partial charge in [0, 0.05) is 30.4 Å². The molecule has 0 heterocycles. The highest BCUT2D eigenvalue weighted by molar-refractivity contribution is 5.87. The maximum atomic E-state index is 11.8. The quantitative estimate of drug-likeness (QED) is 0.197. The van der Waals surface area contributed by atoms with E-state index in [1.54, 1.807) is 27.7 Å². The number of hydrogen-bond acceptors (Lipinski definition) is 6. The Labute approximate surface area is 221 Å². The number of aryl methyl sites for hydroxylation is 4. The molecule has 0 aliphatic carbocycles. The molecule has 0 radical (unpaired) electrons. The fraction of sp³-hybridized carbons (Fsp3) is 0.419. The SMILES string of the molecule is C=C(C)C(=O)OC(C)Oc1c(C)cc(C(C)(C)c2cc(C)c(OC(C)OC(=O)C(=C)C)c(C)c2)cc1C. The minimum Gasteiger partial charge on any atom is -0.455 e. The van der Waals surface area contributed by atoms with Crippen LogP contribution in [0.1, 0.15) is 74.9 Å². The highest BCUT2D eigenvalue weighted by atomic mass is 16.7. The van der Waals surface area contributed by atoms with E-state index in [2.05, 4.69) is 51.3 Å². The summed E-state index contributed by atoms with van der Waals surface area (Å²) >= 11 is 0. The lowest BCUT2D eigenvalue weighted by atomic mass is 9.76. The number of carbonyl (C=O) groups excluding carboxylic acids is 2. The normalized spacial score (nSPS) is 12.8. The van der Waals surface area contributed by atoms with Crippen LogP contribution in [-0.4, -0.2) is 24.5 Å². The van der Waals surface area contributed by atoms with Crippen molar-refractivity contribution in [3.63, 3.8) is 0 Å². The van der Waals surface area contributed by atoms with Crippen molar-refractivity contribution in [3.8, 4) is 11.5 Å². The molecule has 0 saturated carbocycles. The first kappa shape index (κ1) is 29.7. The van der Waals surface area contributed by atoms with E-state index >= 15 is 0 Å². The van der Waals surface area contributed by atoms with Crippen LogP contribution in [0.4, 0.5) is 0 Å². The van der Waals surface area contributed by atoms with Gasteiger partial charge in [0.1, 0.15) is 11.5 Å². The summed E-state index contributed by atoms with van der Waals surface area (Å²) in [5, 5.41) is 0. The monoisotopic (exact) mass is 508 g/mol. The number of carbonyl (C=O) groups is 2. The molecule has 200 valence electrons. The van der Waals surface area contributed by atoms with Crippen LogP contribution in [0.25, 0.3) is 0 Å². The molecule has 0 N–H and O–H groups in total. The van der Waals surface area contributed by atoms with Gasteiger partial charge in [-0.3, -0.25) is 0 Å². The molecule has 0 aromatic heterocycles. The molecule has 0 spiro atoms. The van der Waals surface area contributed by atoms with Gasteiger partial charge >= 0.3 is 11.9 Å². The maximum Gasteiger partial charge on any atom is 0.336 e. The van der Waals surface area contributed by atoms with E-state index < -0.39 is 24.5 Å². The van der Waals surface area contributed by atoms with Crippen molar-refractivity contribution in [1.29, 1.82) is 0 Å². The smallest absolute Gasteiger partial charge is 0.336 e. The number of esters is 2. The molecule has 2 aromatic carbocycles. The van der Waals surface area contributed by atoms with E-state index in [-0.39, 0.29) is 5.41 Å². The second-order valence-electron chi connectivity index (χ2n) is 10.2. The van der Waals surface area contributed by atoms with E-state index in [0.717, 1.165) is 33.4 Å². The second-order valence-corrected chi connectivity index (χ2v) is 10.2. The summed E-state index contributed by atoms with van der Waals surface area (Å²) in [4.78, 5) is 23.7. The van der Waals surface area contributed by atoms with Crippen LogP contribution in [-0.2, 0) is 24.5 Å². The van der Waals surface area contributed by atoms with Gasteiger partial charge in [0.15, 0.2) is 0 Å². The van der Waals surface area contributed by atoms with Crippen LogP contribution >= 0.6 is 0 Å². The average molecular weight is 509 g/mol. The lowest BCUT2D eigenvalue weighted by Gasteiger charge is -2.30. The molecular formula is C31H40O6. The van der Waals surface area contributed by atoms with Gasteiger partial charge in [0.25, 0.3) is 0 Å². The van der Waals surface area contributed by atoms with Gasteiger partial charge in [0.05, 0.1) is 0 Å². The molecule has 37 heavy (non-hydrogen) atoms. The lowest BCUT2D eigenvalue weighted by molar-refractivity contribution is -0.157. The highest BCUT2D eigenvalue weighted by Crippen LogP contribution is 2.39. The summed E-state index contributed by atoms with van der Waals surface area (Å²) in [5.41, 5.74) is 6.36. The predicted octanol–water partition coefficient (Wildman–Crippen LogP) is 6.93. The van der Waals surface area contributed by atoms with Gasteiger partial charge in [0.2, 0.25) is 12.6 Å². The Morgan fingerprint density at radius 2 is 0.946 bits per heavy atom. The second kappa shape index (κ2) is 11.7. The van der Waals surface area contributed by atoms with E-state index in [1.165, 1.54) is 0 Å². The Balaban J connectivity index is 2.32. The third kappa shape index (κ3) is 7.25. The maximum absolute atomic E-state index is 11.8. The molecule has 6 heteroatoms. The van der Waals surface area contributed by atoms with Gasteiger partial charge in [-0.05, 0) is 74.9 Å². The Morgan fingerprint density at radius 3 is 1.19 bits per heavy atom.